The maximum absolute atomic E-state index is 13.0. The molecule has 1 aromatic rings. The highest BCUT2D eigenvalue weighted by Crippen LogP contribution is 2.34. The van der Waals surface area contributed by atoms with Crippen LogP contribution in [-0.4, -0.2) is 30.6 Å². The summed E-state index contributed by atoms with van der Waals surface area (Å²) in [5.74, 6) is 0.359. The fourth-order valence-corrected chi connectivity index (χ4v) is 2.85. The van der Waals surface area contributed by atoms with Crippen LogP contribution in [0.25, 0.3) is 0 Å². The maximum Gasteiger partial charge on any atom is 0.314 e. The molecule has 2 rings (SSSR count). The van der Waals surface area contributed by atoms with E-state index in [1.807, 2.05) is 0 Å². The van der Waals surface area contributed by atoms with Crippen molar-refractivity contribution in [1.82, 2.24) is 4.90 Å². The molecule has 4 nitrogen and oxygen atoms in total. The van der Waals surface area contributed by atoms with Gasteiger partial charge in [0.2, 0.25) is 0 Å². The third kappa shape index (κ3) is 3.23. The Labute approximate surface area is 112 Å². The molecule has 1 aliphatic rings. The minimum atomic E-state index is -0.390. The minimum absolute atomic E-state index is 0.186. The lowest BCUT2D eigenvalue weighted by Crippen LogP contribution is -2.45. The van der Waals surface area contributed by atoms with Gasteiger partial charge in [0.25, 0.3) is 0 Å². The molecular weight excluding hydrogens is 245 g/mol. The molecule has 104 valence electrons. The summed E-state index contributed by atoms with van der Waals surface area (Å²) >= 11 is 0. The Kier molecular flexibility index (Phi) is 4.37. The summed E-state index contributed by atoms with van der Waals surface area (Å²) in [6.45, 7) is 1.89. The molecule has 1 aromatic carbocycles. The average molecular weight is 265 g/mol. The highest BCUT2D eigenvalue weighted by atomic mass is 19.1. The number of halogens is 1. The molecule has 1 saturated heterocycles. The Hall–Kier alpha value is -1.62. The van der Waals surface area contributed by atoms with E-state index in [-0.39, 0.29) is 11.7 Å². The molecule has 2 unspecified atom stereocenters. The average Bonchev–Trinajstić information content (AvgIpc) is 2.40. The summed E-state index contributed by atoms with van der Waals surface area (Å²) in [5.41, 5.74) is 12.1. The minimum Gasteiger partial charge on any atom is -0.351 e. The van der Waals surface area contributed by atoms with E-state index in [1.54, 1.807) is 17.0 Å². The third-order valence-corrected chi connectivity index (χ3v) is 3.90. The predicted octanol–water partition coefficient (Wildman–Crippen LogP) is 1.66. The third-order valence-electron chi connectivity index (χ3n) is 3.90. The van der Waals surface area contributed by atoms with E-state index >= 15 is 0 Å². The highest BCUT2D eigenvalue weighted by Gasteiger charge is 2.31. The first-order chi connectivity index (χ1) is 9.11. The van der Waals surface area contributed by atoms with Crippen LogP contribution in [0, 0.1) is 11.7 Å². The molecule has 2 amide bonds. The number of hydrogen-bond acceptors (Lipinski definition) is 2. The van der Waals surface area contributed by atoms with Crippen molar-refractivity contribution >= 4 is 6.03 Å². The van der Waals surface area contributed by atoms with Crippen LogP contribution in [0.5, 0.6) is 0 Å². The molecule has 2 atom stereocenters. The van der Waals surface area contributed by atoms with Gasteiger partial charge < -0.3 is 16.4 Å². The zero-order chi connectivity index (χ0) is 13.8. The number of piperidine rings is 1. The molecule has 1 aliphatic heterocycles. The van der Waals surface area contributed by atoms with Crippen LogP contribution >= 0.6 is 0 Å². The number of carbonyl (C=O) groups excluding carboxylic acids is 1. The van der Waals surface area contributed by atoms with Crippen molar-refractivity contribution in [1.29, 1.82) is 0 Å². The van der Waals surface area contributed by atoms with Gasteiger partial charge in [0.15, 0.2) is 0 Å². The van der Waals surface area contributed by atoms with Gasteiger partial charge in [-0.25, -0.2) is 9.18 Å². The molecule has 0 spiro atoms. The van der Waals surface area contributed by atoms with Crippen LogP contribution in [-0.2, 0) is 0 Å². The molecule has 0 bridgehead atoms. The molecule has 4 N–H and O–H groups in total. The smallest absolute Gasteiger partial charge is 0.314 e. The van der Waals surface area contributed by atoms with Crippen molar-refractivity contribution < 1.29 is 9.18 Å². The standard InChI is InChI=1S/C14H20FN3O/c15-12-3-1-10(2-4-12)13-9-18(14(17)19)8-6-11(13)5-7-16/h1-4,11,13H,5-9,16H2,(H2,17,19). The lowest BCUT2D eigenvalue weighted by Gasteiger charge is -2.38. The van der Waals surface area contributed by atoms with Crippen molar-refractivity contribution in [3.63, 3.8) is 0 Å². The van der Waals surface area contributed by atoms with Gasteiger partial charge in [0.05, 0.1) is 0 Å². The molecular formula is C14H20FN3O. The molecule has 0 radical (unpaired) electrons. The summed E-state index contributed by atoms with van der Waals surface area (Å²) in [6, 6.07) is 6.09. The Morgan fingerprint density at radius 3 is 2.63 bits per heavy atom. The van der Waals surface area contributed by atoms with E-state index in [0.717, 1.165) is 18.4 Å². The highest BCUT2D eigenvalue weighted by molar-refractivity contribution is 5.72. The summed E-state index contributed by atoms with van der Waals surface area (Å²) in [5, 5.41) is 0. The van der Waals surface area contributed by atoms with Crippen molar-refractivity contribution in [3.05, 3.63) is 35.6 Å². The second-order valence-corrected chi connectivity index (χ2v) is 5.07. The van der Waals surface area contributed by atoms with E-state index in [1.165, 1.54) is 12.1 Å². The second kappa shape index (κ2) is 6.02. The monoisotopic (exact) mass is 265 g/mol. The molecule has 0 aliphatic carbocycles. The van der Waals surface area contributed by atoms with Crippen LogP contribution in [0.4, 0.5) is 9.18 Å². The second-order valence-electron chi connectivity index (χ2n) is 5.07. The topological polar surface area (TPSA) is 72.3 Å². The fourth-order valence-electron chi connectivity index (χ4n) is 2.85. The van der Waals surface area contributed by atoms with E-state index in [2.05, 4.69) is 0 Å². The van der Waals surface area contributed by atoms with Crippen molar-refractivity contribution in [2.45, 2.75) is 18.8 Å². The van der Waals surface area contributed by atoms with Crippen molar-refractivity contribution in [3.8, 4) is 0 Å². The quantitative estimate of drug-likeness (QED) is 0.872. The first kappa shape index (κ1) is 13.8. The van der Waals surface area contributed by atoms with Crippen LogP contribution < -0.4 is 11.5 Å². The number of primary amides is 1. The number of likely N-dealkylation sites (tertiary alicyclic amines) is 1. The lowest BCUT2D eigenvalue weighted by atomic mass is 9.79. The lowest BCUT2D eigenvalue weighted by molar-refractivity contribution is 0.162. The normalized spacial score (nSPS) is 23.4. The zero-order valence-electron chi connectivity index (χ0n) is 10.9. The fraction of sp³-hybridized carbons (Fsp3) is 0.500. The van der Waals surface area contributed by atoms with E-state index in [4.69, 9.17) is 11.5 Å². The Balaban J connectivity index is 2.19. The largest absolute Gasteiger partial charge is 0.351 e. The molecule has 19 heavy (non-hydrogen) atoms. The zero-order valence-corrected chi connectivity index (χ0v) is 10.9. The van der Waals surface area contributed by atoms with Crippen molar-refractivity contribution in [2.24, 2.45) is 17.4 Å². The predicted molar refractivity (Wildman–Crippen MR) is 72.1 cm³/mol. The number of carbonyl (C=O) groups is 1. The van der Waals surface area contributed by atoms with E-state index < -0.39 is 6.03 Å². The summed E-state index contributed by atoms with van der Waals surface area (Å²) < 4.78 is 13.0. The van der Waals surface area contributed by atoms with E-state index in [9.17, 15) is 9.18 Å². The Bertz CT molecular complexity index is 435. The number of urea groups is 1. The molecule has 0 saturated carbocycles. The number of nitrogens with two attached hydrogens (primary N) is 2. The number of amides is 2. The van der Waals surface area contributed by atoms with Crippen LogP contribution in [0.2, 0.25) is 0 Å². The maximum atomic E-state index is 13.0. The van der Waals surface area contributed by atoms with Gasteiger partial charge in [-0.15, -0.1) is 0 Å². The van der Waals surface area contributed by atoms with Crippen LogP contribution in [0.1, 0.15) is 24.3 Å². The first-order valence-corrected chi connectivity index (χ1v) is 6.61. The summed E-state index contributed by atoms with van der Waals surface area (Å²) in [4.78, 5) is 13.0. The van der Waals surface area contributed by atoms with Crippen LogP contribution in [0.15, 0.2) is 24.3 Å². The summed E-state index contributed by atoms with van der Waals surface area (Å²) in [6.07, 6.45) is 1.80. The van der Waals surface area contributed by atoms with Gasteiger partial charge in [0, 0.05) is 19.0 Å². The van der Waals surface area contributed by atoms with Gasteiger partial charge in [0.1, 0.15) is 5.82 Å². The molecule has 1 heterocycles. The van der Waals surface area contributed by atoms with E-state index in [0.29, 0.717) is 25.6 Å². The first-order valence-electron chi connectivity index (χ1n) is 6.61. The Morgan fingerprint density at radius 1 is 1.37 bits per heavy atom. The number of hydrogen-bond donors (Lipinski definition) is 2. The molecule has 5 heteroatoms. The van der Waals surface area contributed by atoms with Gasteiger partial charge in [-0.2, -0.15) is 0 Å². The van der Waals surface area contributed by atoms with Gasteiger partial charge in [-0.3, -0.25) is 0 Å². The van der Waals surface area contributed by atoms with Crippen LogP contribution in [0.3, 0.4) is 0 Å². The molecule has 1 fully saturated rings. The Morgan fingerprint density at radius 2 is 2.05 bits per heavy atom. The van der Waals surface area contributed by atoms with Crippen molar-refractivity contribution in [2.75, 3.05) is 19.6 Å². The summed E-state index contributed by atoms with van der Waals surface area (Å²) in [7, 11) is 0. The number of benzene rings is 1. The van der Waals surface area contributed by atoms with Gasteiger partial charge in [-0.1, -0.05) is 12.1 Å². The van der Waals surface area contributed by atoms with Gasteiger partial charge >= 0.3 is 6.03 Å². The molecule has 0 aromatic heterocycles. The number of rotatable bonds is 3. The SMILES string of the molecule is NCCC1CCN(C(N)=O)CC1c1ccc(F)cc1. The number of nitrogens with zero attached hydrogens (tertiary/aromatic N) is 1. The van der Waals surface area contributed by atoms with Gasteiger partial charge in [-0.05, 0) is 43.0 Å².